The van der Waals surface area contributed by atoms with Crippen LogP contribution in [-0.4, -0.2) is 57.5 Å². The second-order valence-electron chi connectivity index (χ2n) is 10.2. The molecule has 33 heavy (non-hydrogen) atoms. The SMILES string of the molecule is CC(C)(C)[Si](C)(C)OCCCN1CCC1c1nccn(-c2ccc(-n3ccnn3)cc2)c1=O. The third-order valence-corrected chi connectivity index (χ3v) is 11.5. The molecular formula is C24H34N6O2Si. The van der Waals surface area contributed by atoms with E-state index in [0.717, 1.165) is 43.9 Å². The van der Waals surface area contributed by atoms with Gasteiger partial charge in [0.15, 0.2) is 8.32 Å². The molecule has 2 aromatic heterocycles. The van der Waals surface area contributed by atoms with Crippen LogP contribution in [0.4, 0.5) is 0 Å². The summed E-state index contributed by atoms with van der Waals surface area (Å²) in [5.41, 5.74) is 2.26. The van der Waals surface area contributed by atoms with Crippen molar-refractivity contribution in [2.75, 3.05) is 19.7 Å². The fraction of sp³-hybridized carbons (Fsp3) is 0.500. The Labute approximate surface area is 196 Å². The summed E-state index contributed by atoms with van der Waals surface area (Å²) in [6.45, 7) is 14.0. The second-order valence-corrected chi connectivity index (χ2v) is 15.0. The molecule has 1 aliphatic heterocycles. The maximum absolute atomic E-state index is 13.3. The molecule has 1 fully saturated rings. The van der Waals surface area contributed by atoms with Crippen LogP contribution in [0.25, 0.3) is 11.4 Å². The van der Waals surface area contributed by atoms with Crippen LogP contribution in [0.3, 0.4) is 0 Å². The van der Waals surface area contributed by atoms with Gasteiger partial charge in [0.2, 0.25) is 0 Å². The van der Waals surface area contributed by atoms with E-state index in [-0.39, 0.29) is 16.6 Å². The molecule has 0 radical (unpaired) electrons. The Bertz CT molecular complexity index is 1120. The highest BCUT2D eigenvalue weighted by Crippen LogP contribution is 2.36. The van der Waals surface area contributed by atoms with Gasteiger partial charge in [0.05, 0.1) is 24.1 Å². The topological polar surface area (TPSA) is 78.1 Å². The maximum atomic E-state index is 13.3. The summed E-state index contributed by atoms with van der Waals surface area (Å²) in [5, 5.41) is 8.06. The fourth-order valence-corrected chi connectivity index (χ4v) is 4.89. The van der Waals surface area contributed by atoms with Gasteiger partial charge in [-0.15, -0.1) is 5.10 Å². The number of rotatable bonds is 8. The van der Waals surface area contributed by atoms with Crippen molar-refractivity contribution in [2.45, 2.75) is 57.8 Å². The second kappa shape index (κ2) is 9.32. The van der Waals surface area contributed by atoms with Crippen LogP contribution in [0.2, 0.25) is 18.1 Å². The van der Waals surface area contributed by atoms with Crippen LogP contribution in [0.1, 0.15) is 45.3 Å². The first-order valence-electron chi connectivity index (χ1n) is 11.6. The van der Waals surface area contributed by atoms with E-state index in [1.165, 1.54) is 0 Å². The lowest BCUT2D eigenvalue weighted by Gasteiger charge is -2.41. The van der Waals surface area contributed by atoms with Crippen LogP contribution in [0.15, 0.2) is 53.8 Å². The van der Waals surface area contributed by atoms with E-state index < -0.39 is 8.32 Å². The number of likely N-dealkylation sites (tertiary alicyclic amines) is 1. The van der Waals surface area contributed by atoms with Gasteiger partial charge in [-0.25, -0.2) is 4.68 Å². The molecule has 1 saturated heterocycles. The Balaban J connectivity index is 1.41. The lowest BCUT2D eigenvalue weighted by molar-refractivity contribution is 0.0783. The standard InChI is InChI=1S/C24H34N6O2Si/c1-24(2,3)33(4,5)32-18-6-14-28-15-11-21(28)22-23(31)29(16-12-25-22)19-7-9-20(10-8-19)30-17-13-26-27-30/h7-10,12-13,16-17,21H,6,11,14-15,18H2,1-5H3. The molecule has 0 amide bonds. The van der Waals surface area contributed by atoms with Gasteiger partial charge in [0.25, 0.3) is 5.56 Å². The molecule has 1 aliphatic rings. The van der Waals surface area contributed by atoms with Crippen molar-refractivity contribution < 1.29 is 4.43 Å². The molecule has 3 aromatic rings. The lowest BCUT2D eigenvalue weighted by atomic mass is 9.99. The first-order valence-corrected chi connectivity index (χ1v) is 14.5. The van der Waals surface area contributed by atoms with Gasteiger partial charge in [-0.1, -0.05) is 26.0 Å². The Kier molecular flexibility index (Phi) is 6.65. The molecule has 0 bridgehead atoms. The van der Waals surface area contributed by atoms with Gasteiger partial charge in [0.1, 0.15) is 5.69 Å². The van der Waals surface area contributed by atoms with Gasteiger partial charge >= 0.3 is 0 Å². The van der Waals surface area contributed by atoms with Crippen molar-refractivity contribution in [3.05, 3.63) is 65.1 Å². The van der Waals surface area contributed by atoms with E-state index in [4.69, 9.17) is 4.43 Å². The molecule has 0 saturated carbocycles. The quantitative estimate of drug-likeness (QED) is 0.369. The van der Waals surface area contributed by atoms with E-state index in [0.29, 0.717) is 5.69 Å². The summed E-state index contributed by atoms with van der Waals surface area (Å²) in [4.78, 5) is 20.1. The Morgan fingerprint density at radius 2 is 1.82 bits per heavy atom. The molecule has 9 heteroatoms. The lowest BCUT2D eigenvalue weighted by Crippen LogP contribution is -2.46. The number of hydrogen-bond acceptors (Lipinski definition) is 6. The predicted octanol–water partition coefficient (Wildman–Crippen LogP) is 3.97. The molecule has 8 nitrogen and oxygen atoms in total. The molecule has 0 aliphatic carbocycles. The first-order chi connectivity index (χ1) is 15.7. The first kappa shape index (κ1) is 23.5. The number of nitrogens with zero attached hydrogens (tertiary/aromatic N) is 6. The Morgan fingerprint density at radius 3 is 2.42 bits per heavy atom. The molecular weight excluding hydrogens is 432 g/mol. The van der Waals surface area contributed by atoms with E-state index in [9.17, 15) is 4.79 Å². The van der Waals surface area contributed by atoms with Crippen LogP contribution >= 0.6 is 0 Å². The fourth-order valence-electron chi connectivity index (χ4n) is 3.80. The van der Waals surface area contributed by atoms with Crippen LogP contribution in [0.5, 0.6) is 0 Å². The zero-order chi connectivity index (χ0) is 23.6. The molecule has 176 valence electrons. The smallest absolute Gasteiger partial charge is 0.278 e. The highest BCUT2D eigenvalue weighted by molar-refractivity contribution is 6.74. The third kappa shape index (κ3) is 5.00. The van der Waals surface area contributed by atoms with Crippen molar-refractivity contribution in [3.8, 4) is 11.4 Å². The summed E-state index contributed by atoms with van der Waals surface area (Å²) < 4.78 is 9.67. The highest BCUT2D eigenvalue weighted by atomic mass is 28.4. The van der Waals surface area contributed by atoms with Crippen LogP contribution in [0, 0.1) is 0 Å². The molecule has 1 aromatic carbocycles. The molecule has 0 N–H and O–H groups in total. The van der Waals surface area contributed by atoms with Crippen molar-refractivity contribution in [2.24, 2.45) is 0 Å². The zero-order valence-corrected chi connectivity index (χ0v) is 21.2. The maximum Gasteiger partial charge on any atom is 0.278 e. The monoisotopic (exact) mass is 466 g/mol. The summed E-state index contributed by atoms with van der Waals surface area (Å²) in [6.07, 6.45) is 8.80. The van der Waals surface area contributed by atoms with Crippen molar-refractivity contribution in [3.63, 3.8) is 0 Å². The van der Waals surface area contributed by atoms with E-state index in [2.05, 4.69) is 54.1 Å². The summed E-state index contributed by atoms with van der Waals surface area (Å²) >= 11 is 0. The molecule has 4 rings (SSSR count). The predicted molar refractivity (Wildman–Crippen MR) is 131 cm³/mol. The average molecular weight is 467 g/mol. The average Bonchev–Trinajstić information content (AvgIpc) is 3.28. The minimum absolute atomic E-state index is 0.0572. The van der Waals surface area contributed by atoms with Crippen molar-refractivity contribution >= 4 is 8.32 Å². The largest absolute Gasteiger partial charge is 0.417 e. The Morgan fingerprint density at radius 1 is 1.09 bits per heavy atom. The summed E-state index contributed by atoms with van der Waals surface area (Å²) in [7, 11) is -1.72. The van der Waals surface area contributed by atoms with Crippen LogP contribution in [-0.2, 0) is 4.43 Å². The number of benzene rings is 1. The summed E-state index contributed by atoms with van der Waals surface area (Å²) in [6, 6.07) is 7.76. The van der Waals surface area contributed by atoms with Gasteiger partial charge in [-0.3, -0.25) is 19.2 Å². The Hall–Kier alpha value is -2.62. The molecule has 1 unspecified atom stereocenters. The third-order valence-electron chi connectivity index (χ3n) is 6.99. The normalized spacial score (nSPS) is 17.2. The van der Waals surface area contributed by atoms with Crippen LogP contribution < -0.4 is 5.56 Å². The minimum atomic E-state index is -1.72. The van der Waals surface area contributed by atoms with Gasteiger partial charge in [-0.2, -0.15) is 0 Å². The molecule has 0 spiro atoms. The zero-order valence-electron chi connectivity index (χ0n) is 20.2. The van der Waals surface area contributed by atoms with Gasteiger partial charge < -0.3 is 4.43 Å². The van der Waals surface area contributed by atoms with Crippen molar-refractivity contribution in [1.82, 2.24) is 29.4 Å². The van der Waals surface area contributed by atoms with E-state index in [1.54, 1.807) is 34.0 Å². The highest BCUT2D eigenvalue weighted by Gasteiger charge is 2.37. The van der Waals surface area contributed by atoms with E-state index in [1.807, 2.05) is 24.3 Å². The number of hydrogen-bond donors (Lipinski definition) is 0. The van der Waals surface area contributed by atoms with Gasteiger partial charge in [-0.05, 0) is 55.2 Å². The van der Waals surface area contributed by atoms with E-state index >= 15 is 0 Å². The summed E-state index contributed by atoms with van der Waals surface area (Å²) in [5.74, 6) is 0. The molecule has 3 heterocycles. The number of aromatic nitrogens is 5. The van der Waals surface area contributed by atoms with Gasteiger partial charge in [0, 0.05) is 37.8 Å². The minimum Gasteiger partial charge on any atom is -0.417 e. The molecule has 1 atom stereocenters. The van der Waals surface area contributed by atoms with Crippen molar-refractivity contribution in [1.29, 1.82) is 0 Å².